The molecule has 0 bridgehead atoms. The first-order chi connectivity index (χ1) is 12.0. The second-order valence-corrected chi connectivity index (χ2v) is 8.71. The van der Waals surface area contributed by atoms with Crippen LogP contribution < -0.4 is 10.1 Å². The highest BCUT2D eigenvalue weighted by Gasteiger charge is 2.31. The lowest BCUT2D eigenvalue weighted by Gasteiger charge is -2.19. The Morgan fingerprint density at radius 3 is 2.84 bits per heavy atom. The van der Waals surface area contributed by atoms with Crippen LogP contribution in [-0.2, 0) is 22.7 Å². The Bertz CT molecular complexity index is 949. The van der Waals surface area contributed by atoms with Crippen LogP contribution in [0, 0.1) is 0 Å². The average molecular weight is 361 g/mol. The van der Waals surface area contributed by atoms with E-state index in [1.165, 1.54) is 0 Å². The fraction of sp³-hybridized carbons (Fsp3) is 0.412. The van der Waals surface area contributed by atoms with Crippen molar-refractivity contribution in [2.24, 2.45) is 0 Å². The van der Waals surface area contributed by atoms with Crippen molar-refractivity contribution in [3.63, 3.8) is 0 Å². The van der Waals surface area contributed by atoms with Crippen molar-refractivity contribution in [2.45, 2.75) is 25.3 Å². The summed E-state index contributed by atoms with van der Waals surface area (Å²) in [6.45, 7) is 0. The fourth-order valence-corrected chi connectivity index (χ4v) is 5.35. The van der Waals surface area contributed by atoms with Crippen molar-refractivity contribution in [3.8, 4) is 17.0 Å². The standard InChI is InChI=1S/C17H19N3O4S/c1-24-14-4-2-3-12-11(14)5-6-13-15(12)19-20-16(13)17(21)18-10-7-8-25(22,23)9-10/h2-4,10H,5-9H2,1H3,(H,18,21)(H,19,20)/t10-/m0/s1. The summed E-state index contributed by atoms with van der Waals surface area (Å²) in [6, 6.07) is 5.48. The number of sulfone groups is 1. The second kappa shape index (κ2) is 5.87. The van der Waals surface area contributed by atoms with Crippen LogP contribution in [0.5, 0.6) is 5.75 Å². The molecule has 0 saturated carbocycles. The summed E-state index contributed by atoms with van der Waals surface area (Å²) < 4.78 is 28.5. The molecule has 1 fully saturated rings. The van der Waals surface area contributed by atoms with Gasteiger partial charge >= 0.3 is 0 Å². The molecule has 25 heavy (non-hydrogen) atoms. The molecule has 7 nitrogen and oxygen atoms in total. The zero-order valence-electron chi connectivity index (χ0n) is 13.8. The Labute approximate surface area is 145 Å². The highest BCUT2D eigenvalue weighted by Crippen LogP contribution is 2.38. The van der Waals surface area contributed by atoms with Crippen LogP contribution >= 0.6 is 0 Å². The van der Waals surface area contributed by atoms with Gasteiger partial charge in [-0.1, -0.05) is 12.1 Å². The molecule has 1 aliphatic carbocycles. The number of carbonyl (C=O) groups is 1. The molecule has 4 rings (SSSR count). The van der Waals surface area contributed by atoms with Gasteiger partial charge in [-0.15, -0.1) is 0 Å². The van der Waals surface area contributed by atoms with E-state index in [1.807, 2.05) is 18.2 Å². The molecule has 1 aliphatic heterocycles. The largest absolute Gasteiger partial charge is 0.496 e. The van der Waals surface area contributed by atoms with Crippen molar-refractivity contribution in [2.75, 3.05) is 18.6 Å². The van der Waals surface area contributed by atoms with Crippen molar-refractivity contribution in [3.05, 3.63) is 35.0 Å². The molecule has 1 amide bonds. The van der Waals surface area contributed by atoms with E-state index >= 15 is 0 Å². The van der Waals surface area contributed by atoms with E-state index in [1.54, 1.807) is 7.11 Å². The molecule has 8 heteroatoms. The minimum absolute atomic E-state index is 0.00903. The van der Waals surface area contributed by atoms with Crippen molar-refractivity contribution in [1.29, 1.82) is 0 Å². The topological polar surface area (TPSA) is 101 Å². The summed E-state index contributed by atoms with van der Waals surface area (Å²) in [4.78, 5) is 12.6. The number of benzene rings is 1. The van der Waals surface area contributed by atoms with Gasteiger partial charge in [-0.3, -0.25) is 9.89 Å². The monoisotopic (exact) mass is 361 g/mol. The molecule has 0 unspecified atom stereocenters. The number of carbonyl (C=O) groups excluding carboxylic acids is 1. The molecule has 0 spiro atoms. The Kier molecular flexibility index (Phi) is 3.79. The van der Waals surface area contributed by atoms with Crippen molar-refractivity contribution >= 4 is 15.7 Å². The molecule has 2 N–H and O–H groups in total. The quantitative estimate of drug-likeness (QED) is 0.853. The number of amides is 1. The van der Waals surface area contributed by atoms with Gasteiger partial charge in [0.15, 0.2) is 9.84 Å². The van der Waals surface area contributed by atoms with Gasteiger partial charge in [-0.2, -0.15) is 5.10 Å². The zero-order valence-corrected chi connectivity index (χ0v) is 14.6. The predicted octanol–water partition coefficient (Wildman–Crippen LogP) is 1.10. The highest BCUT2D eigenvalue weighted by atomic mass is 32.2. The molecular weight excluding hydrogens is 342 g/mol. The normalized spacial score (nSPS) is 20.6. The molecule has 0 radical (unpaired) electrons. The lowest BCUT2D eigenvalue weighted by Crippen LogP contribution is -2.36. The van der Waals surface area contributed by atoms with Crippen LogP contribution in [0.2, 0.25) is 0 Å². The number of hydrogen-bond donors (Lipinski definition) is 2. The maximum Gasteiger partial charge on any atom is 0.269 e. The lowest BCUT2D eigenvalue weighted by atomic mass is 9.88. The number of hydrogen-bond acceptors (Lipinski definition) is 5. The van der Waals surface area contributed by atoms with Gasteiger partial charge in [0.05, 0.1) is 24.3 Å². The van der Waals surface area contributed by atoms with E-state index in [0.717, 1.165) is 34.6 Å². The number of ether oxygens (including phenoxy) is 1. The van der Waals surface area contributed by atoms with Crippen LogP contribution in [0.4, 0.5) is 0 Å². The Balaban J connectivity index is 1.62. The Morgan fingerprint density at radius 1 is 1.32 bits per heavy atom. The number of nitrogens with one attached hydrogen (secondary N) is 2. The third kappa shape index (κ3) is 2.80. The van der Waals surface area contributed by atoms with E-state index < -0.39 is 9.84 Å². The van der Waals surface area contributed by atoms with Gasteiger partial charge in [-0.05, 0) is 25.3 Å². The number of H-pyrrole nitrogens is 1. The first-order valence-corrected chi connectivity index (χ1v) is 10.1. The third-order valence-corrected chi connectivity index (χ3v) is 6.66. The SMILES string of the molecule is COc1cccc2c1CCc1c-2n[nH]c1C(=O)N[C@H]1CCS(=O)(=O)C1. The number of aromatic amines is 1. The van der Waals surface area contributed by atoms with Gasteiger partial charge in [0, 0.05) is 22.7 Å². The molecule has 1 atom stereocenters. The minimum Gasteiger partial charge on any atom is -0.496 e. The van der Waals surface area contributed by atoms with Crippen LogP contribution in [0.25, 0.3) is 11.3 Å². The summed E-state index contributed by atoms with van der Waals surface area (Å²) in [5.74, 6) is 0.678. The van der Waals surface area contributed by atoms with Gasteiger partial charge in [0.25, 0.3) is 5.91 Å². The number of nitrogens with zero attached hydrogens (tertiary/aromatic N) is 1. The lowest BCUT2D eigenvalue weighted by molar-refractivity contribution is 0.0935. The third-order valence-electron chi connectivity index (χ3n) is 4.89. The first kappa shape index (κ1) is 16.1. The van der Waals surface area contributed by atoms with Crippen LogP contribution in [-0.4, -0.2) is 49.2 Å². The van der Waals surface area contributed by atoms with E-state index in [-0.39, 0.29) is 23.5 Å². The number of methoxy groups -OCH3 is 1. The maximum absolute atomic E-state index is 12.6. The first-order valence-electron chi connectivity index (χ1n) is 8.23. The van der Waals surface area contributed by atoms with E-state index in [0.29, 0.717) is 18.5 Å². The van der Waals surface area contributed by atoms with Crippen molar-refractivity contribution < 1.29 is 17.9 Å². The van der Waals surface area contributed by atoms with E-state index in [4.69, 9.17) is 4.74 Å². The molecule has 1 aromatic carbocycles. The molecule has 2 aliphatic rings. The number of fused-ring (bicyclic) bond motifs is 3. The van der Waals surface area contributed by atoms with E-state index in [9.17, 15) is 13.2 Å². The Hall–Kier alpha value is -2.35. The Morgan fingerprint density at radius 2 is 2.12 bits per heavy atom. The average Bonchev–Trinajstić information content (AvgIpc) is 3.17. The second-order valence-electron chi connectivity index (χ2n) is 6.49. The predicted molar refractivity (Wildman–Crippen MR) is 92.5 cm³/mol. The maximum atomic E-state index is 12.6. The van der Waals surface area contributed by atoms with Crippen molar-refractivity contribution in [1.82, 2.24) is 15.5 Å². The minimum atomic E-state index is -3.03. The van der Waals surface area contributed by atoms with Crippen LogP contribution in [0.15, 0.2) is 18.2 Å². The van der Waals surface area contributed by atoms with Gasteiger partial charge in [0.1, 0.15) is 11.4 Å². The molecular formula is C17H19N3O4S. The zero-order chi connectivity index (χ0) is 17.6. The van der Waals surface area contributed by atoms with Gasteiger partial charge < -0.3 is 10.1 Å². The summed E-state index contributed by atoms with van der Waals surface area (Å²) >= 11 is 0. The van der Waals surface area contributed by atoms with Gasteiger partial charge in [0.2, 0.25) is 0 Å². The molecule has 1 aromatic heterocycles. The summed E-state index contributed by atoms with van der Waals surface area (Å²) in [6.07, 6.45) is 1.92. The van der Waals surface area contributed by atoms with E-state index in [2.05, 4.69) is 15.5 Å². The number of rotatable bonds is 3. The fourth-order valence-electron chi connectivity index (χ4n) is 3.67. The molecule has 2 heterocycles. The van der Waals surface area contributed by atoms with Crippen LogP contribution in [0.1, 0.15) is 28.0 Å². The van der Waals surface area contributed by atoms with Crippen LogP contribution in [0.3, 0.4) is 0 Å². The molecule has 1 saturated heterocycles. The molecule has 2 aromatic rings. The smallest absolute Gasteiger partial charge is 0.269 e. The van der Waals surface area contributed by atoms with Gasteiger partial charge in [-0.25, -0.2) is 8.42 Å². The molecule has 132 valence electrons. The summed E-state index contributed by atoms with van der Waals surface area (Å²) in [5, 5.41) is 9.99. The summed E-state index contributed by atoms with van der Waals surface area (Å²) in [7, 11) is -1.39. The highest BCUT2D eigenvalue weighted by molar-refractivity contribution is 7.91. The number of aromatic nitrogens is 2. The summed E-state index contributed by atoms with van der Waals surface area (Å²) in [5.41, 5.74) is 4.13.